The second-order valence-corrected chi connectivity index (χ2v) is 6.86. The number of benzene rings is 3. The maximum Gasteiger partial charge on any atom is 0.154 e. The first-order valence-corrected chi connectivity index (χ1v) is 8.88. The number of aromatic nitrogens is 2. The summed E-state index contributed by atoms with van der Waals surface area (Å²) in [5, 5.41) is 5.67. The summed E-state index contributed by atoms with van der Waals surface area (Å²) < 4.78 is 8.11. The van der Waals surface area contributed by atoms with Crippen molar-refractivity contribution in [3.63, 3.8) is 0 Å². The van der Waals surface area contributed by atoms with E-state index >= 15 is 0 Å². The third-order valence-electron chi connectivity index (χ3n) is 4.42. The Morgan fingerprint density at radius 3 is 2.42 bits per heavy atom. The van der Waals surface area contributed by atoms with Crippen LogP contribution >= 0.6 is 23.2 Å². The minimum Gasteiger partial charge on any atom is -0.454 e. The van der Waals surface area contributed by atoms with Crippen LogP contribution in [0.25, 0.3) is 28.1 Å². The second kappa shape index (κ2) is 5.90. The van der Waals surface area contributed by atoms with Crippen LogP contribution in [0.4, 0.5) is 0 Å². The van der Waals surface area contributed by atoms with Crippen LogP contribution in [0.3, 0.4) is 0 Å². The highest BCUT2D eigenvalue weighted by Crippen LogP contribution is 2.50. The van der Waals surface area contributed by atoms with Gasteiger partial charge in [-0.2, -0.15) is 5.10 Å². The number of ether oxygens (including phenoxy) is 1. The van der Waals surface area contributed by atoms with Crippen molar-refractivity contribution >= 4 is 23.2 Å². The van der Waals surface area contributed by atoms with Crippen LogP contribution in [0.5, 0.6) is 11.5 Å². The molecular formula is C21H12Cl2N2O. The molecule has 0 unspecified atom stereocenters. The fourth-order valence-corrected chi connectivity index (χ4v) is 3.83. The maximum absolute atomic E-state index is 6.44. The molecule has 126 valence electrons. The van der Waals surface area contributed by atoms with Crippen molar-refractivity contribution in [1.82, 2.24) is 9.78 Å². The standard InChI is InChI=1S/C21H12Cl2N2O/c22-13-10-16-17-12-24-25(14-6-2-1-3-7-14)20(17)15-8-4-5-9-19(15)26-21(16)18(23)11-13/h1-12H. The molecule has 0 fully saturated rings. The quantitative estimate of drug-likeness (QED) is 0.327. The van der Waals surface area contributed by atoms with E-state index in [1.165, 1.54) is 0 Å². The zero-order valence-corrected chi connectivity index (χ0v) is 15.0. The van der Waals surface area contributed by atoms with Gasteiger partial charge in [-0.15, -0.1) is 0 Å². The normalized spacial score (nSPS) is 11.8. The van der Waals surface area contributed by atoms with Crippen LogP contribution in [0.15, 0.2) is 72.9 Å². The number of hydrogen-bond acceptors (Lipinski definition) is 2. The van der Waals surface area contributed by atoms with Gasteiger partial charge in [-0.25, -0.2) is 4.68 Å². The Morgan fingerprint density at radius 2 is 1.58 bits per heavy atom. The second-order valence-electron chi connectivity index (χ2n) is 6.02. The highest BCUT2D eigenvalue weighted by Gasteiger charge is 2.27. The van der Waals surface area contributed by atoms with Crippen molar-refractivity contribution in [3.8, 4) is 39.6 Å². The molecule has 1 aliphatic heterocycles. The van der Waals surface area contributed by atoms with Crippen LogP contribution in [0, 0.1) is 0 Å². The highest BCUT2D eigenvalue weighted by molar-refractivity contribution is 6.36. The fourth-order valence-electron chi connectivity index (χ4n) is 3.30. The van der Waals surface area contributed by atoms with Crippen molar-refractivity contribution < 1.29 is 4.74 Å². The molecule has 4 aromatic rings. The summed E-state index contributed by atoms with van der Waals surface area (Å²) in [5.41, 5.74) is 4.63. The van der Waals surface area contributed by atoms with Gasteiger partial charge in [0.2, 0.25) is 0 Å². The van der Waals surface area contributed by atoms with Gasteiger partial charge >= 0.3 is 0 Å². The summed E-state index contributed by atoms with van der Waals surface area (Å²) >= 11 is 12.7. The summed E-state index contributed by atoms with van der Waals surface area (Å²) in [6.07, 6.45) is 1.83. The van der Waals surface area contributed by atoms with E-state index in [2.05, 4.69) is 5.10 Å². The predicted octanol–water partition coefficient (Wildman–Crippen LogP) is 6.62. The zero-order chi connectivity index (χ0) is 17.7. The topological polar surface area (TPSA) is 27.1 Å². The van der Waals surface area contributed by atoms with Crippen LogP contribution < -0.4 is 4.74 Å². The molecule has 0 saturated heterocycles. The molecule has 3 aromatic carbocycles. The van der Waals surface area contributed by atoms with Crippen LogP contribution in [0.1, 0.15) is 0 Å². The molecule has 2 heterocycles. The average molecular weight is 379 g/mol. The molecule has 5 rings (SSSR count). The molecule has 5 heteroatoms. The first-order valence-electron chi connectivity index (χ1n) is 8.12. The monoisotopic (exact) mass is 378 g/mol. The van der Waals surface area contributed by atoms with Gasteiger partial charge in [0.1, 0.15) is 5.75 Å². The summed E-state index contributed by atoms with van der Waals surface area (Å²) in [4.78, 5) is 0. The Labute approximate surface area is 160 Å². The van der Waals surface area contributed by atoms with Crippen LogP contribution in [0.2, 0.25) is 10.0 Å². The van der Waals surface area contributed by atoms with E-state index in [0.717, 1.165) is 33.8 Å². The van der Waals surface area contributed by atoms with E-state index < -0.39 is 0 Å². The number of halogens is 2. The lowest BCUT2D eigenvalue weighted by molar-refractivity contribution is 0.487. The van der Waals surface area contributed by atoms with Gasteiger partial charge in [-0.1, -0.05) is 53.5 Å². The molecule has 0 N–H and O–H groups in total. The Bertz CT molecular complexity index is 1140. The molecule has 0 bridgehead atoms. The molecule has 0 atom stereocenters. The third kappa shape index (κ3) is 2.32. The molecule has 0 radical (unpaired) electrons. The van der Waals surface area contributed by atoms with Crippen molar-refractivity contribution in [2.45, 2.75) is 0 Å². The molecule has 0 amide bonds. The van der Waals surface area contributed by atoms with E-state index in [1.807, 2.05) is 71.5 Å². The average Bonchev–Trinajstić information content (AvgIpc) is 3.04. The Morgan fingerprint density at radius 1 is 0.808 bits per heavy atom. The van der Waals surface area contributed by atoms with E-state index in [9.17, 15) is 0 Å². The van der Waals surface area contributed by atoms with Gasteiger partial charge in [-0.05, 0) is 36.4 Å². The molecule has 0 spiro atoms. The molecule has 26 heavy (non-hydrogen) atoms. The van der Waals surface area contributed by atoms with E-state index in [0.29, 0.717) is 15.8 Å². The first-order chi connectivity index (χ1) is 12.7. The molecule has 0 aliphatic carbocycles. The Balaban J connectivity index is 1.89. The van der Waals surface area contributed by atoms with Crippen molar-refractivity contribution in [2.75, 3.05) is 0 Å². The first kappa shape index (κ1) is 15.5. The lowest BCUT2D eigenvalue weighted by Crippen LogP contribution is -1.99. The van der Waals surface area contributed by atoms with Crippen molar-refractivity contribution in [3.05, 3.63) is 83.0 Å². The van der Waals surface area contributed by atoms with E-state index in [-0.39, 0.29) is 0 Å². The van der Waals surface area contributed by atoms with Crippen LogP contribution in [-0.2, 0) is 0 Å². The maximum atomic E-state index is 6.44. The van der Waals surface area contributed by atoms with Gasteiger partial charge in [0.05, 0.1) is 22.6 Å². The summed E-state index contributed by atoms with van der Waals surface area (Å²) in [5.74, 6) is 1.32. The summed E-state index contributed by atoms with van der Waals surface area (Å²) in [7, 11) is 0. The number of para-hydroxylation sites is 2. The largest absolute Gasteiger partial charge is 0.454 e. The predicted molar refractivity (Wildman–Crippen MR) is 105 cm³/mol. The van der Waals surface area contributed by atoms with Gasteiger partial charge < -0.3 is 4.74 Å². The van der Waals surface area contributed by atoms with Gasteiger partial charge in [0.15, 0.2) is 5.75 Å². The van der Waals surface area contributed by atoms with Gasteiger partial charge in [0.25, 0.3) is 0 Å². The fraction of sp³-hybridized carbons (Fsp3) is 0. The minimum absolute atomic E-state index is 0.475. The molecule has 0 saturated carbocycles. The Hall–Kier alpha value is -2.75. The number of nitrogens with zero attached hydrogens (tertiary/aromatic N) is 2. The van der Waals surface area contributed by atoms with Crippen molar-refractivity contribution in [2.24, 2.45) is 0 Å². The number of rotatable bonds is 1. The van der Waals surface area contributed by atoms with Gasteiger partial charge in [0, 0.05) is 21.7 Å². The SMILES string of the molecule is Clc1cc(Cl)c2c(c1)-c1cnn(-c3ccccc3)c1-c1ccccc1O2. The zero-order valence-electron chi connectivity index (χ0n) is 13.5. The Kier molecular flexibility index (Phi) is 3.52. The smallest absolute Gasteiger partial charge is 0.154 e. The van der Waals surface area contributed by atoms with Gasteiger partial charge in [-0.3, -0.25) is 0 Å². The number of fused-ring (bicyclic) bond motifs is 5. The molecular weight excluding hydrogens is 367 g/mol. The molecule has 3 nitrogen and oxygen atoms in total. The summed E-state index contributed by atoms with van der Waals surface area (Å²) in [6, 6.07) is 21.4. The van der Waals surface area contributed by atoms with E-state index in [1.54, 1.807) is 6.07 Å². The highest BCUT2D eigenvalue weighted by atomic mass is 35.5. The summed E-state index contributed by atoms with van der Waals surface area (Å²) in [6.45, 7) is 0. The minimum atomic E-state index is 0.475. The number of hydrogen-bond donors (Lipinski definition) is 0. The third-order valence-corrected chi connectivity index (χ3v) is 4.92. The molecule has 1 aliphatic rings. The van der Waals surface area contributed by atoms with E-state index in [4.69, 9.17) is 27.9 Å². The lowest BCUT2D eigenvalue weighted by atomic mass is 10.0. The van der Waals surface area contributed by atoms with Crippen molar-refractivity contribution in [1.29, 1.82) is 0 Å². The van der Waals surface area contributed by atoms with Crippen LogP contribution in [-0.4, -0.2) is 9.78 Å². The lowest BCUT2D eigenvalue weighted by Gasteiger charge is -2.11. The molecule has 1 aromatic heterocycles.